The molecule has 3 aromatic carbocycles. The van der Waals surface area contributed by atoms with E-state index in [1.807, 2.05) is 24.3 Å². The van der Waals surface area contributed by atoms with Gasteiger partial charge in [0.2, 0.25) is 0 Å². The fourth-order valence-electron chi connectivity index (χ4n) is 5.15. The highest BCUT2D eigenvalue weighted by Gasteiger charge is 2.54. The Morgan fingerprint density at radius 2 is 1.59 bits per heavy atom. The van der Waals surface area contributed by atoms with Crippen molar-refractivity contribution in [2.75, 3.05) is 29.9 Å². The quantitative estimate of drug-likeness (QED) is 0.452. The molecular weight excluding hydrogens is 463 g/mol. The summed E-state index contributed by atoms with van der Waals surface area (Å²) in [6.07, 6.45) is 1.56. The first-order chi connectivity index (χ1) is 16.3. The molecule has 0 saturated carbocycles. The molecule has 3 aromatic rings. The first-order valence-corrected chi connectivity index (χ1v) is 11.5. The maximum absolute atomic E-state index is 13.5. The van der Waals surface area contributed by atoms with Crippen molar-refractivity contribution in [3.63, 3.8) is 0 Å². The summed E-state index contributed by atoms with van der Waals surface area (Å²) in [5.41, 5.74) is 2.25. The van der Waals surface area contributed by atoms with Gasteiger partial charge in [-0.1, -0.05) is 23.7 Å². The van der Waals surface area contributed by atoms with Gasteiger partial charge in [0, 0.05) is 47.5 Å². The number of likely N-dealkylation sites (tertiary alicyclic amines) is 1. The number of rotatable bonds is 3. The SMILES string of the molecule is O=C(Nc1ccc(F)c(F)c1)N1CCC2(CC1)CN(c1ccc(F)cc1)C2c1ccc(Cl)cc1. The number of benzene rings is 3. The molecule has 5 rings (SSSR count). The Labute approximate surface area is 200 Å². The van der Waals surface area contributed by atoms with Crippen LogP contribution < -0.4 is 10.2 Å². The number of nitrogens with zero attached hydrogens (tertiary/aromatic N) is 2. The Morgan fingerprint density at radius 3 is 2.24 bits per heavy atom. The van der Waals surface area contributed by atoms with Crippen molar-refractivity contribution < 1.29 is 18.0 Å². The van der Waals surface area contributed by atoms with Gasteiger partial charge in [-0.3, -0.25) is 0 Å². The lowest BCUT2D eigenvalue weighted by Crippen LogP contribution is -2.63. The number of urea groups is 1. The Hall–Kier alpha value is -3.19. The van der Waals surface area contributed by atoms with Crippen LogP contribution in [-0.4, -0.2) is 30.6 Å². The monoisotopic (exact) mass is 485 g/mol. The van der Waals surface area contributed by atoms with Crippen LogP contribution in [0.2, 0.25) is 5.02 Å². The van der Waals surface area contributed by atoms with E-state index in [1.165, 1.54) is 18.2 Å². The molecule has 2 saturated heterocycles. The van der Waals surface area contributed by atoms with Crippen molar-refractivity contribution in [3.8, 4) is 0 Å². The molecule has 1 N–H and O–H groups in total. The molecule has 0 bridgehead atoms. The first kappa shape index (κ1) is 22.6. The largest absolute Gasteiger partial charge is 0.363 e. The van der Waals surface area contributed by atoms with Crippen LogP contribution >= 0.6 is 11.6 Å². The van der Waals surface area contributed by atoms with Crippen molar-refractivity contribution in [2.45, 2.75) is 18.9 Å². The second kappa shape index (κ2) is 8.87. The van der Waals surface area contributed by atoms with Crippen LogP contribution in [0.1, 0.15) is 24.4 Å². The molecule has 34 heavy (non-hydrogen) atoms. The third-order valence-corrected chi connectivity index (χ3v) is 7.19. The maximum Gasteiger partial charge on any atom is 0.321 e. The van der Waals surface area contributed by atoms with Gasteiger partial charge in [0.05, 0.1) is 6.04 Å². The van der Waals surface area contributed by atoms with E-state index in [1.54, 1.807) is 17.0 Å². The van der Waals surface area contributed by atoms with E-state index in [-0.39, 0.29) is 29.0 Å². The first-order valence-electron chi connectivity index (χ1n) is 11.1. The second-order valence-electron chi connectivity index (χ2n) is 8.97. The highest BCUT2D eigenvalue weighted by Crippen LogP contribution is 2.56. The van der Waals surface area contributed by atoms with Gasteiger partial charge in [0.25, 0.3) is 0 Å². The minimum absolute atomic E-state index is 0.0407. The number of halogens is 4. The van der Waals surface area contributed by atoms with Crippen LogP contribution in [0.15, 0.2) is 66.7 Å². The molecule has 1 atom stereocenters. The minimum atomic E-state index is -1.00. The molecule has 0 aromatic heterocycles. The summed E-state index contributed by atoms with van der Waals surface area (Å²) in [6, 6.07) is 17.3. The Morgan fingerprint density at radius 1 is 0.912 bits per heavy atom. The lowest BCUT2D eigenvalue weighted by molar-refractivity contribution is 0.0459. The van der Waals surface area contributed by atoms with E-state index in [0.717, 1.165) is 42.8 Å². The molecule has 1 unspecified atom stereocenters. The molecule has 2 heterocycles. The summed E-state index contributed by atoms with van der Waals surface area (Å²) in [4.78, 5) is 16.7. The molecule has 2 aliphatic rings. The Bertz CT molecular complexity index is 1190. The molecule has 0 radical (unpaired) electrons. The van der Waals surface area contributed by atoms with Crippen molar-refractivity contribution in [1.82, 2.24) is 4.90 Å². The highest BCUT2D eigenvalue weighted by atomic mass is 35.5. The number of nitrogens with one attached hydrogen (secondary N) is 1. The summed E-state index contributed by atoms with van der Waals surface area (Å²) in [7, 11) is 0. The van der Waals surface area contributed by atoms with E-state index < -0.39 is 11.6 Å². The zero-order chi connectivity index (χ0) is 23.9. The highest BCUT2D eigenvalue weighted by molar-refractivity contribution is 6.30. The number of hydrogen-bond donors (Lipinski definition) is 1. The van der Waals surface area contributed by atoms with Crippen molar-refractivity contribution in [3.05, 3.63) is 94.8 Å². The van der Waals surface area contributed by atoms with E-state index >= 15 is 0 Å². The number of piperidine rings is 1. The van der Waals surface area contributed by atoms with Crippen LogP contribution in [-0.2, 0) is 0 Å². The Kier molecular flexibility index (Phi) is 5.90. The van der Waals surface area contributed by atoms with E-state index in [0.29, 0.717) is 18.1 Å². The van der Waals surface area contributed by atoms with Gasteiger partial charge < -0.3 is 15.1 Å². The van der Waals surface area contributed by atoms with Crippen LogP contribution in [0.4, 0.5) is 29.3 Å². The number of carbonyl (C=O) groups is 1. The topological polar surface area (TPSA) is 35.6 Å². The van der Waals surface area contributed by atoms with Crippen molar-refractivity contribution in [2.24, 2.45) is 5.41 Å². The number of amides is 2. The number of hydrogen-bond acceptors (Lipinski definition) is 2. The van der Waals surface area contributed by atoms with E-state index in [2.05, 4.69) is 10.2 Å². The van der Waals surface area contributed by atoms with Crippen LogP contribution in [0, 0.1) is 22.9 Å². The molecule has 2 amide bonds. The molecule has 2 fully saturated rings. The third kappa shape index (κ3) is 4.20. The molecule has 176 valence electrons. The van der Waals surface area contributed by atoms with Gasteiger partial charge in [-0.2, -0.15) is 0 Å². The van der Waals surface area contributed by atoms with Gasteiger partial charge in [0.1, 0.15) is 5.82 Å². The summed E-state index contributed by atoms with van der Waals surface area (Å²) in [6.45, 7) is 1.87. The summed E-state index contributed by atoms with van der Waals surface area (Å²) >= 11 is 6.11. The van der Waals surface area contributed by atoms with E-state index in [9.17, 15) is 18.0 Å². The standard InChI is InChI=1S/C26H23ClF3N3O/c27-18-3-1-17(2-4-18)24-26(16-33(24)21-8-5-19(28)6-9-21)11-13-32(14-12-26)25(34)31-20-7-10-22(29)23(30)15-20/h1-10,15,24H,11-14,16H2,(H,31,34). The minimum Gasteiger partial charge on any atom is -0.363 e. The predicted molar refractivity (Wildman–Crippen MR) is 127 cm³/mol. The van der Waals surface area contributed by atoms with Gasteiger partial charge in [0.15, 0.2) is 11.6 Å². The van der Waals surface area contributed by atoms with Crippen molar-refractivity contribution >= 4 is 29.0 Å². The average Bonchev–Trinajstić information content (AvgIpc) is 2.82. The second-order valence-corrected chi connectivity index (χ2v) is 9.40. The van der Waals surface area contributed by atoms with Crippen LogP contribution in [0.3, 0.4) is 0 Å². The zero-order valence-electron chi connectivity index (χ0n) is 18.3. The van der Waals surface area contributed by atoms with E-state index in [4.69, 9.17) is 11.6 Å². The van der Waals surface area contributed by atoms with Crippen molar-refractivity contribution in [1.29, 1.82) is 0 Å². The lowest BCUT2D eigenvalue weighted by Gasteiger charge is -2.61. The maximum atomic E-state index is 13.5. The molecular formula is C26H23ClF3N3O. The zero-order valence-corrected chi connectivity index (χ0v) is 19.0. The van der Waals surface area contributed by atoms with Gasteiger partial charge in [-0.05, 0) is 66.9 Å². The summed E-state index contributed by atoms with van der Waals surface area (Å²) in [5, 5.41) is 3.31. The fraction of sp³-hybridized carbons (Fsp3) is 0.269. The summed E-state index contributed by atoms with van der Waals surface area (Å²) < 4.78 is 40.1. The van der Waals surface area contributed by atoms with Gasteiger partial charge >= 0.3 is 6.03 Å². The summed E-state index contributed by atoms with van der Waals surface area (Å²) in [5.74, 6) is -2.24. The average molecular weight is 486 g/mol. The third-order valence-electron chi connectivity index (χ3n) is 6.94. The van der Waals surface area contributed by atoms with Crippen LogP contribution in [0.25, 0.3) is 0 Å². The smallest absolute Gasteiger partial charge is 0.321 e. The normalized spacial score (nSPS) is 19.1. The molecule has 8 heteroatoms. The van der Waals surface area contributed by atoms with Crippen LogP contribution in [0.5, 0.6) is 0 Å². The Balaban J connectivity index is 1.32. The predicted octanol–water partition coefficient (Wildman–Crippen LogP) is 6.63. The number of carbonyl (C=O) groups excluding carboxylic acids is 1. The fourth-order valence-corrected chi connectivity index (χ4v) is 5.28. The van der Waals surface area contributed by atoms with Gasteiger partial charge in [-0.15, -0.1) is 0 Å². The molecule has 4 nitrogen and oxygen atoms in total. The molecule has 0 aliphatic carbocycles. The number of anilines is 2. The molecule has 2 aliphatic heterocycles. The van der Waals surface area contributed by atoms with Gasteiger partial charge in [-0.25, -0.2) is 18.0 Å². The lowest BCUT2D eigenvalue weighted by atomic mass is 9.63. The molecule has 1 spiro atoms.